The molecule has 1 aromatic heterocycles. The number of hydrogen-bond donors (Lipinski definition) is 1. The van der Waals surface area contributed by atoms with E-state index in [-0.39, 0.29) is 5.92 Å². The lowest BCUT2D eigenvalue weighted by Crippen LogP contribution is -2.18. The van der Waals surface area contributed by atoms with Crippen LogP contribution in [0.3, 0.4) is 0 Å². The predicted octanol–water partition coefficient (Wildman–Crippen LogP) is 9.26. The van der Waals surface area contributed by atoms with Gasteiger partial charge in [0.25, 0.3) is 0 Å². The second-order valence-corrected chi connectivity index (χ2v) is 11.8. The summed E-state index contributed by atoms with van der Waals surface area (Å²) in [5, 5.41) is 15.3. The Morgan fingerprint density at radius 3 is 2.45 bits per heavy atom. The quantitative estimate of drug-likeness (QED) is 0.153. The molecule has 222 valence electrons. The van der Waals surface area contributed by atoms with Crippen molar-refractivity contribution < 1.29 is 14.6 Å². The van der Waals surface area contributed by atoms with Gasteiger partial charge in [-0.05, 0) is 84.3 Å². The number of aromatic nitrogens is 2. The Balaban J connectivity index is 1.51. The average molecular weight is 609 g/mol. The highest BCUT2D eigenvalue weighted by atomic mass is 35.5. The number of carboxylic acids is 1. The zero-order valence-electron chi connectivity index (χ0n) is 25.0. The SMILES string of the molecule is CCCCCc1cc(CN(C)c2ccc(OCc3c(C(C)C)cnn3-c3c(Cl)cccc3Cl)cc2C)ccc1C(=O)O. The number of benzene rings is 3. The lowest BCUT2D eigenvalue weighted by atomic mass is 9.98. The number of halogens is 2. The number of para-hydroxylation sites is 1. The summed E-state index contributed by atoms with van der Waals surface area (Å²) in [5.41, 5.74) is 7.15. The number of nitrogens with zero attached hydrogens (tertiary/aromatic N) is 3. The molecule has 42 heavy (non-hydrogen) atoms. The van der Waals surface area contributed by atoms with Gasteiger partial charge in [-0.1, -0.05) is 75.0 Å². The molecule has 0 aliphatic rings. The molecule has 0 amide bonds. The van der Waals surface area contributed by atoms with Crippen LogP contribution in [0.15, 0.2) is 60.8 Å². The van der Waals surface area contributed by atoms with Crippen molar-refractivity contribution in [1.29, 1.82) is 0 Å². The van der Waals surface area contributed by atoms with Crippen LogP contribution in [0.25, 0.3) is 5.69 Å². The van der Waals surface area contributed by atoms with Gasteiger partial charge in [0.2, 0.25) is 0 Å². The topological polar surface area (TPSA) is 67.6 Å². The van der Waals surface area contributed by atoms with Gasteiger partial charge >= 0.3 is 5.97 Å². The predicted molar refractivity (Wildman–Crippen MR) is 172 cm³/mol. The molecule has 0 fully saturated rings. The Kier molecular flexibility index (Phi) is 10.6. The number of ether oxygens (including phenoxy) is 1. The van der Waals surface area contributed by atoms with Gasteiger partial charge < -0.3 is 14.7 Å². The summed E-state index contributed by atoms with van der Waals surface area (Å²) in [5.74, 6) is 0.126. The van der Waals surface area contributed by atoms with Crippen LogP contribution in [0.5, 0.6) is 5.75 Å². The van der Waals surface area contributed by atoms with Crippen LogP contribution in [0.4, 0.5) is 5.69 Å². The Labute approximate surface area is 258 Å². The molecule has 3 aromatic carbocycles. The first-order valence-corrected chi connectivity index (χ1v) is 15.2. The molecule has 0 radical (unpaired) electrons. The highest BCUT2D eigenvalue weighted by Gasteiger charge is 2.20. The minimum Gasteiger partial charge on any atom is -0.487 e. The van der Waals surface area contributed by atoms with Gasteiger partial charge in [0.1, 0.15) is 18.0 Å². The summed E-state index contributed by atoms with van der Waals surface area (Å²) in [6.45, 7) is 9.43. The number of unbranched alkanes of at least 4 members (excludes halogenated alkanes) is 2. The monoisotopic (exact) mass is 607 g/mol. The molecule has 1 N–H and O–H groups in total. The van der Waals surface area contributed by atoms with Crippen LogP contribution in [0, 0.1) is 6.92 Å². The summed E-state index contributed by atoms with van der Waals surface area (Å²) in [6.07, 6.45) is 5.80. The number of hydrogen-bond acceptors (Lipinski definition) is 4. The number of carboxylic acid groups (broad SMARTS) is 1. The second-order valence-electron chi connectivity index (χ2n) is 11.0. The van der Waals surface area contributed by atoms with E-state index in [1.165, 1.54) is 0 Å². The number of aryl methyl sites for hydroxylation is 2. The molecule has 4 rings (SSSR count). The van der Waals surface area contributed by atoms with E-state index in [0.717, 1.165) is 65.1 Å². The lowest BCUT2D eigenvalue weighted by Gasteiger charge is -2.23. The van der Waals surface area contributed by atoms with Gasteiger partial charge in [0.05, 0.1) is 27.5 Å². The molecule has 0 saturated heterocycles. The van der Waals surface area contributed by atoms with Gasteiger partial charge in [-0.3, -0.25) is 0 Å². The Bertz CT molecular complexity index is 1530. The van der Waals surface area contributed by atoms with Crippen LogP contribution in [0.1, 0.15) is 84.3 Å². The normalized spacial score (nSPS) is 11.2. The van der Waals surface area contributed by atoms with Crippen LogP contribution in [0.2, 0.25) is 10.0 Å². The zero-order valence-corrected chi connectivity index (χ0v) is 26.5. The van der Waals surface area contributed by atoms with Crippen molar-refractivity contribution in [2.75, 3.05) is 11.9 Å². The lowest BCUT2D eigenvalue weighted by molar-refractivity contribution is 0.0695. The van der Waals surface area contributed by atoms with Crippen molar-refractivity contribution in [3.05, 3.63) is 104 Å². The maximum atomic E-state index is 11.7. The van der Waals surface area contributed by atoms with Gasteiger partial charge in [-0.15, -0.1) is 0 Å². The van der Waals surface area contributed by atoms with E-state index in [1.807, 2.05) is 43.6 Å². The molecule has 1 heterocycles. The summed E-state index contributed by atoms with van der Waals surface area (Å²) in [6, 6.07) is 17.2. The third-order valence-corrected chi connectivity index (χ3v) is 8.11. The first-order chi connectivity index (χ1) is 20.1. The fraction of sp³-hybridized carbons (Fsp3) is 0.353. The highest BCUT2D eigenvalue weighted by Crippen LogP contribution is 2.33. The van der Waals surface area contributed by atoms with Crippen molar-refractivity contribution in [1.82, 2.24) is 9.78 Å². The average Bonchev–Trinajstić information content (AvgIpc) is 3.35. The highest BCUT2D eigenvalue weighted by molar-refractivity contribution is 6.37. The van der Waals surface area contributed by atoms with E-state index in [0.29, 0.717) is 34.4 Å². The van der Waals surface area contributed by atoms with Crippen molar-refractivity contribution in [2.24, 2.45) is 0 Å². The Morgan fingerprint density at radius 2 is 1.81 bits per heavy atom. The fourth-order valence-electron chi connectivity index (χ4n) is 5.28. The van der Waals surface area contributed by atoms with E-state index in [9.17, 15) is 9.90 Å². The van der Waals surface area contributed by atoms with Gasteiger partial charge in [-0.25, -0.2) is 9.48 Å². The molecule has 4 aromatic rings. The van der Waals surface area contributed by atoms with Crippen molar-refractivity contribution >= 4 is 34.9 Å². The minimum atomic E-state index is -0.869. The van der Waals surface area contributed by atoms with E-state index in [1.54, 1.807) is 22.9 Å². The molecule has 0 unspecified atom stereocenters. The Morgan fingerprint density at radius 1 is 1.07 bits per heavy atom. The smallest absolute Gasteiger partial charge is 0.335 e. The van der Waals surface area contributed by atoms with Crippen LogP contribution in [-0.2, 0) is 19.6 Å². The molecule has 8 heteroatoms. The first kappa shape index (κ1) is 31.5. The molecular weight excluding hydrogens is 569 g/mol. The molecule has 6 nitrogen and oxygen atoms in total. The van der Waals surface area contributed by atoms with Gasteiger partial charge in [0, 0.05) is 19.3 Å². The van der Waals surface area contributed by atoms with Crippen LogP contribution in [-0.4, -0.2) is 27.9 Å². The largest absolute Gasteiger partial charge is 0.487 e. The number of rotatable bonds is 13. The maximum Gasteiger partial charge on any atom is 0.335 e. The van der Waals surface area contributed by atoms with Crippen molar-refractivity contribution in [3.8, 4) is 11.4 Å². The summed E-state index contributed by atoms with van der Waals surface area (Å²) < 4.78 is 8.07. The third-order valence-electron chi connectivity index (χ3n) is 7.50. The molecule has 0 aliphatic carbocycles. The molecule has 0 atom stereocenters. The van der Waals surface area contributed by atoms with Crippen molar-refractivity contribution in [3.63, 3.8) is 0 Å². The standard InChI is InChI=1S/C34H39Cl2N3O3/c1-6-7-8-10-25-18-24(13-15-27(25)34(40)41)20-38(5)31-16-14-26(17-23(31)4)42-21-32-28(22(2)3)19-37-39(32)33-29(35)11-9-12-30(33)36/h9,11-19,22H,6-8,10,20-21H2,1-5H3,(H,40,41). The van der Waals surface area contributed by atoms with E-state index < -0.39 is 5.97 Å². The van der Waals surface area contributed by atoms with Crippen LogP contribution < -0.4 is 9.64 Å². The zero-order chi connectivity index (χ0) is 30.4. The fourth-order valence-corrected chi connectivity index (χ4v) is 5.84. The van der Waals surface area contributed by atoms with Crippen LogP contribution >= 0.6 is 23.2 Å². The number of aromatic carboxylic acids is 1. The molecule has 0 saturated carbocycles. The third kappa shape index (κ3) is 7.29. The maximum absolute atomic E-state index is 11.7. The molecule has 0 spiro atoms. The summed E-state index contributed by atoms with van der Waals surface area (Å²) in [4.78, 5) is 13.9. The second kappa shape index (κ2) is 14.1. The molecule has 0 bridgehead atoms. The first-order valence-electron chi connectivity index (χ1n) is 14.4. The van der Waals surface area contributed by atoms with E-state index in [2.05, 4.69) is 43.8 Å². The van der Waals surface area contributed by atoms with Gasteiger partial charge in [0.15, 0.2) is 0 Å². The van der Waals surface area contributed by atoms with Crippen molar-refractivity contribution in [2.45, 2.75) is 72.4 Å². The van der Waals surface area contributed by atoms with E-state index in [4.69, 9.17) is 27.9 Å². The van der Waals surface area contributed by atoms with E-state index >= 15 is 0 Å². The number of anilines is 1. The molecular formula is C34H39Cl2N3O3. The number of carbonyl (C=O) groups is 1. The minimum absolute atomic E-state index is 0.244. The van der Waals surface area contributed by atoms with Gasteiger partial charge in [-0.2, -0.15) is 5.10 Å². The summed E-state index contributed by atoms with van der Waals surface area (Å²) >= 11 is 13.0. The molecule has 0 aliphatic heterocycles. The summed E-state index contributed by atoms with van der Waals surface area (Å²) in [7, 11) is 2.05. The Hall–Kier alpha value is -3.48.